The van der Waals surface area contributed by atoms with Crippen molar-refractivity contribution in [1.82, 2.24) is 9.97 Å². The summed E-state index contributed by atoms with van der Waals surface area (Å²) in [6, 6.07) is 0.674. The number of aromatic nitrogens is 2. The summed E-state index contributed by atoms with van der Waals surface area (Å²) in [5.74, 6) is 3.39. The van der Waals surface area contributed by atoms with Crippen molar-refractivity contribution >= 4 is 11.6 Å². The Morgan fingerprint density at radius 2 is 2.00 bits per heavy atom. The lowest BCUT2D eigenvalue weighted by molar-refractivity contribution is 0.757. The van der Waals surface area contributed by atoms with Crippen molar-refractivity contribution in [2.75, 3.05) is 23.8 Å². The molecule has 0 saturated heterocycles. The van der Waals surface area contributed by atoms with Gasteiger partial charge in [0.15, 0.2) is 0 Å². The molecular weight excluding hydrogens is 236 g/mol. The second-order valence-electron chi connectivity index (χ2n) is 5.80. The van der Waals surface area contributed by atoms with Gasteiger partial charge >= 0.3 is 0 Å². The summed E-state index contributed by atoms with van der Waals surface area (Å²) in [5, 5.41) is 3.43. The lowest BCUT2D eigenvalue weighted by atomic mass is 10.2. The van der Waals surface area contributed by atoms with E-state index in [1.54, 1.807) is 0 Å². The molecule has 2 rings (SSSR count). The van der Waals surface area contributed by atoms with Gasteiger partial charge < -0.3 is 10.2 Å². The van der Waals surface area contributed by atoms with Gasteiger partial charge in [0, 0.05) is 31.1 Å². The van der Waals surface area contributed by atoms with Gasteiger partial charge in [-0.25, -0.2) is 9.97 Å². The number of hydrogen-bond acceptors (Lipinski definition) is 4. The molecule has 0 spiro atoms. The topological polar surface area (TPSA) is 41.1 Å². The Bertz CT molecular complexity index is 438. The minimum absolute atomic E-state index is 0.356. The monoisotopic (exact) mass is 262 g/mol. The maximum Gasteiger partial charge on any atom is 0.137 e. The molecule has 1 saturated carbocycles. The van der Waals surface area contributed by atoms with E-state index in [4.69, 9.17) is 4.98 Å². The summed E-state index contributed by atoms with van der Waals surface area (Å²) in [7, 11) is 2.15. The summed E-state index contributed by atoms with van der Waals surface area (Å²) < 4.78 is 0. The standard InChI is InChI=1S/C15H26N4/c1-6-9-16-14-11(4)15(19(5)12-7-8-12)18-13(17-14)10(2)3/h10,12H,6-9H2,1-5H3,(H,16,17,18). The van der Waals surface area contributed by atoms with Crippen LogP contribution in [0.2, 0.25) is 0 Å². The minimum Gasteiger partial charge on any atom is -0.370 e. The molecule has 0 radical (unpaired) electrons. The third-order valence-corrected chi connectivity index (χ3v) is 3.62. The van der Waals surface area contributed by atoms with E-state index in [9.17, 15) is 0 Å². The molecule has 1 fully saturated rings. The summed E-state index contributed by atoms with van der Waals surface area (Å²) >= 11 is 0. The van der Waals surface area contributed by atoms with E-state index in [2.05, 4.69) is 49.9 Å². The highest BCUT2D eigenvalue weighted by molar-refractivity contribution is 5.59. The van der Waals surface area contributed by atoms with E-state index in [1.807, 2.05) is 0 Å². The first-order valence-electron chi connectivity index (χ1n) is 7.39. The SMILES string of the molecule is CCCNc1nc(C(C)C)nc(N(C)C2CC2)c1C. The molecule has 106 valence electrons. The predicted octanol–water partition coefficient (Wildman–Crippen LogP) is 3.33. The van der Waals surface area contributed by atoms with Crippen molar-refractivity contribution in [3.8, 4) is 0 Å². The number of hydrogen-bond donors (Lipinski definition) is 1. The Morgan fingerprint density at radius 1 is 1.32 bits per heavy atom. The van der Waals surface area contributed by atoms with Crippen LogP contribution in [-0.2, 0) is 0 Å². The first-order chi connectivity index (χ1) is 9.04. The highest BCUT2D eigenvalue weighted by atomic mass is 15.2. The Hall–Kier alpha value is -1.32. The van der Waals surface area contributed by atoms with Crippen molar-refractivity contribution in [2.45, 2.75) is 58.9 Å². The summed E-state index contributed by atoms with van der Waals surface area (Å²) in [6.07, 6.45) is 3.68. The van der Waals surface area contributed by atoms with Crippen molar-refractivity contribution in [2.24, 2.45) is 0 Å². The predicted molar refractivity (Wildman–Crippen MR) is 81.1 cm³/mol. The smallest absolute Gasteiger partial charge is 0.137 e. The van der Waals surface area contributed by atoms with Gasteiger partial charge in [0.1, 0.15) is 17.5 Å². The fourth-order valence-electron chi connectivity index (χ4n) is 2.17. The molecule has 0 amide bonds. The summed E-state index contributed by atoms with van der Waals surface area (Å²) in [4.78, 5) is 11.8. The van der Waals surface area contributed by atoms with Gasteiger partial charge in [0.05, 0.1) is 0 Å². The van der Waals surface area contributed by atoms with Crippen molar-refractivity contribution in [1.29, 1.82) is 0 Å². The van der Waals surface area contributed by atoms with Crippen LogP contribution >= 0.6 is 0 Å². The largest absolute Gasteiger partial charge is 0.370 e. The lowest BCUT2D eigenvalue weighted by Gasteiger charge is -2.23. The normalized spacial score (nSPS) is 14.8. The number of anilines is 2. The summed E-state index contributed by atoms with van der Waals surface area (Å²) in [6.45, 7) is 9.55. The van der Waals surface area contributed by atoms with Gasteiger partial charge in [-0.2, -0.15) is 0 Å². The average molecular weight is 262 g/mol. The fraction of sp³-hybridized carbons (Fsp3) is 0.733. The maximum absolute atomic E-state index is 4.78. The van der Waals surface area contributed by atoms with E-state index in [-0.39, 0.29) is 0 Å². The van der Waals surface area contributed by atoms with Gasteiger partial charge in [-0.15, -0.1) is 0 Å². The van der Waals surface area contributed by atoms with E-state index in [0.717, 1.165) is 30.4 Å². The molecule has 1 N–H and O–H groups in total. The van der Waals surface area contributed by atoms with Crippen LogP contribution in [-0.4, -0.2) is 29.6 Å². The van der Waals surface area contributed by atoms with Crippen LogP contribution in [0.4, 0.5) is 11.6 Å². The van der Waals surface area contributed by atoms with E-state index in [1.165, 1.54) is 18.4 Å². The van der Waals surface area contributed by atoms with Crippen LogP contribution < -0.4 is 10.2 Å². The molecule has 1 aromatic rings. The molecule has 19 heavy (non-hydrogen) atoms. The van der Waals surface area contributed by atoms with E-state index < -0.39 is 0 Å². The second kappa shape index (κ2) is 5.76. The molecule has 1 heterocycles. The summed E-state index contributed by atoms with van der Waals surface area (Å²) in [5.41, 5.74) is 1.17. The Kier molecular flexibility index (Phi) is 4.27. The highest BCUT2D eigenvalue weighted by Gasteiger charge is 2.29. The average Bonchev–Trinajstić information content (AvgIpc) is 3.20. The zero-order valence-electron chi connectivity index (χ0n) is 12.8. The molecule has 1 aliphatic carbocycles. The van der Waals surface area contributed by atoms with Crippen LogP contribution in [0.25, 0.3) is 0 Å². The van der Waals surface area contributed by atoms with Crippen molar-refractivity contribution < 1.29 is 0 Å². The minimum atomic E-state index is 0.356. The molecule has 0 bridgehead atoms. The fourth-order valence-corrected chi connectivity index (χ4v) is 2.17. The maximum atomic E-state index is 4.78. The molecule has 0 aliphatic heterocycles. The quantitative estimate of drug-likeness (QED) is 0.853. The van der Waals surface area contributed by atoms with Crippen LogP contribution in [0, 0.1) is 6.92 Å². The van der Waals surface area contributed by atoms with Crippen LogP contribution in [0.3, 0.4) is 0 Å². The van der Waals surface area contributed by atoms with Crippen LogP contribution in [0.1, 0.15) is 57.3 Å². The third-order valence-electron chi connectivity index (χ3n) is 3.62. The van der Waals surface area contributed by atoms with E-state index in [0.29, 0.717) is 12.0 Å². The number of rotatable bonds is 6. The van der Waals surface area contributed by atoms with Crippen LogP contribution in [0.5, 0.6) is 0 Å². The molecule has 4 heteroatoms. The highest BCUT2D eigenvalue weighted by Crippen LogP contribution is 2.33. The van der Waals surface area contributed by atoms with Crippen molar-refractivity contribution in [3.63, 3.8) is 0 Å². The molecule has 4 nitrogen and oxygen atoms in total. The number of nitrogens with one attached hydrogen (secondary N) is 1. The Morgan fingerprint density at radius 3 is 2.53 bits per heavy atom. The lowest BCUT2D eigenvalue weighted by Crippen LogP contribution is -2.23. The zero-order valence-corrected chi connectivity index (χ0v) is 12.8. The molecular formula is C15H26N4. The van der Waals surface area contributed by atoms with Gasteiger partial charge in [0.2, 0.25) is 0 Å². The molecule has 0 aromatic carbocycles. The van der Waals surface area contributed by atoms with Crippen LogP contribution in [0.15, 0.2) is 0 Å². The van der Waals surface area contributed by atoms with Crippen molar-refractivity contribution in [3.05, 3.63) is 11.4 Å². The van der Waals surface area contributed by atoms with Gasteiger partial charge in [-0.3, -0.25) is 0 Å². The Labute approximate surface area is 116 Å². The first-order valence-corrected chi connectivity index (χ1v) is 7.39. The second-order valence-corrected chi connectivity index (χ2v) is 5.80. The first kappa shape index (κ1) is 14.1. The van der Waals surface area contributed by atoms with Gasteiger partial charge in [-0.05, 0) is 26.2 Å². The molecule has 0 atom stereocenters. The van der Waals surface area contributed by atoms with Gasteiger partial charge in [0.25, 0.3) is 0 Å². The van der Waals surface area contributed by atoms with Gasteiger partial charge in [-0.1, -0.05) is 20.8 Å². The molecule has 1 aliphatic rings. The zero-order chi connectivity index (χ0) is 14.0. The Balaban J connectivity index is 2.36. The molecule has 0 unspecified atom stereocenters. The number of nitrogens with zero attached hydrogens (tertiary/aromatic N) is 3. The molecule has 1 aromatic heterocycles. The van der Waals surface area contributed by atoms with E-state index >= 15 is 0 Å². The third kappa shape index (κ3) is 3.17.